The van der Waals surface area contributed by atoms with E-state index in [0.29, 0.717) is 0 Å². The Morgan fingerprint density at radius 1 is 0.314 bits per heavy atom. The Morgan fingerprint density at radius 2 is 0.882 bits per heavy atom. The summed E-state index contributed by atoms with van der Waals surface area (Å²) in [5.74, 6) is 0. The zero-order valence-corrected chi connectivity index (χ0v) is 27.6. The maximum absolute atomic E-state index is 6.47. The van der Waals surface area contributed by atoms with Gasteiger partial charge in [-0.1, -0.05) is 121 Å². The van der Waals surface area contributed by atoms with Gasteiger partial charge in [-0.3, -0.25) is 0 Å². The first-order valence-electron chi connectivity index (χ1n) is 17.4. The fourth-order valence-electron chi connectivity index (χ4n) is 8.23. The lowest BCUT2D eigenvalue weighted by molar-refractivity contribution is 0.669. The SMILES string of the molecule is c1ccc(-c2cccc(-n3c4ccccc4c4cc5c6ccc7oc8ccccc8c7c6n(-c6cccc(-c7ccccc7)c6)c5cc43)c2)cc1. The zero-order valence-electron chi connectivity index (χ0n) is 27.6. The van der Waals surface area contributed by atoms with E-state index in [4.69, 9.17) is 4.42 Å². The monoisotopic (exact) mass is 650 g/mol. The largest absolute Gasteiger partial charge is 0.456 e. The van der Waals surface area contributed by atoms with E-state index in [-0.39, 0.29) is 0 Å². The minimum Gasteiger partial charge on any atom is -0.456 e. The molecule has 0 saturated heterocycles. The summed E-state index contributed by atoms with van der Waals surface area (Å²) in [4.78, 5) is 0. The molecule has 0 spiro atoms. The van der Waals surface area contributed by atoms with Crippen LogP contribution in [0.5, 0.6) is 0 Å². The van der Waals surface area contributed by atoms with Crippen molar-refractivity contribution < 1.29 is 4.42 Å². The highest BCUT2D eigenvalue weighted by Crippen LogP contribution is 2.44. The summed E-state index contributed by atoms with van der Waals surface area (Å²) < 4.78 is 11.4. The van der Waals surface area contributed by atoms with Crippen LogP contribution in [0.25, 0.3) is 99.2 Å². The third-order valence-corrected chi connectivity index (χ3v) is 10.5. The standard InChI is InChI=1S/C48H30N2O/c1-3-13-31(14-4-1)33-17-11-19-35(27-33)49-42-23-9-7-21-37(42)40-29-41-38-25-26-46-47(39-22-8-10-24-45(39)51-46)48(38)50(44(41)30-43(40)49)36-20-12-18-34(28-36)32-15-5-2-6-16-32/h1-30H. The molecule has 0 aliphatic heterocycles. The third kappa shape index (κ3) is 4.19. The van der Waals surface area contributed by atoms with Gasteiger partial charge in [0.1, 0.15) is 11.2 Å². The summed E-state index contributed by atoms with van der Waals surface area (Å²) >= 11 is 0. The average Bonchev–Trinajstić information content (AvgIpc) is 3.85. The number of hydrogen-bond donors (Lipinski definition) is 0. The lowest BCUT2D eigenvalue weighted by Crippen LogP contribution is -1.97. The van der Waals surface area contributed by atoms with Crippen LogP contribution >= 0.6 is 0 Å². The Hall–Kier alpha value is -6.84. The number of nitrogens with zero attached hydrogens (tertiary/aromatic N) is 2. The summed E-state index contributed by atoms with van der Waals surface area (Å²) in [6.07, 6.45) is 0. The number of rotatable bonds is 4. The van der Waals surface area contributed by atoms with Crippen molar-refractivity contribution in [2.24, 2.45) is 0 Å². The van der Waals surface area contributed by atoms with Crippen molar-refractivity contribution in [2.75, 3.05) is 0 Å². The molecular formula is C48H30N2O. The lowest BCUT2D eigenvalue weighted by atomic mass is 10.0. The molecule has 0 bridgehead atoms. The van der Waals surface area contributed by atoms with Gasteiger partial charge in [0.15, 0.2) is 0 Å². The second-order valence-electron chi connectivity index (χ2n) is 13.3. The first-order valence-corrected chi connectivity index (χ1v) is 17.4. The normalized spacial score (nSPS) is 11.9. The van der Waals surface area contributed by atoms with E-state index in [9.17, 15) is 0 Å². The lowest BCUT2D eigenvalue weighted by Gasteiger charge is -2.13. The van der Waals surface area contributed by atoms with E-state index in [2.05, 4.69) is 185 Å². The molecule has 11 aromatic rings. The van der Waals surface area contributed by atoms with E-state index < -0.39 is 0 Å². The van der Waals surface area contributed by atoms with Crippen LogP contribution in [0.2, 0.25) is 0 Å². The molecule has 0 radical (unpaired) electrons. The average molecular weight is 651 g/mol. The Balaban J connectivity index is 1.28. The summed E-state index contributed by atoms with van der Waals surface area (Å²) in [6, 6.07) is 65.5. The Kier molecular flexibility index (Phi) is 5.96. The minimum atomic E-state index is 0.893. The molecule has 0 aliphatic rings. The maximum atomic E-state index is 6.47. The van der Waals surface area contributed by atoms with E-state index in [1.54, 1.807) is 0 Å². The number of benzene rings is 8. The smallest absolute Gasteiger partial charge is 0.137 e. The van der Waals surface area contributed by atoms with E-state index >= 15 is 0 Å². The summed E-state index contributed by atoms with van der Waals surface area (Å²) in [7, 11) is 0. The Morgan fingerprint density at radius 3 is 1.61 bits per heavy atom. The van der Waals surface area contributed by atoms with Crippen LogP contribution in [0.1, 0.15) is 0 Å². The molecule has 0 fully saturated rings. The molecule has 3 heterocycles. The van der Waals surface area contributed by atoms with E-state index in [1.165, 1.54) is 54.8 Å². The quantitative estimate of drug-likeness (QED) is 0.186. The fourth-order valence-corrected chi connectivity index (χ4v) is 8.23. The minimum absolute atomic E-state index is 0.893. The van der Waals surface area contributed by atoms with E-state index in [1.807, 2.05) is 6.07 Å². The molecule has 0 aliphatic carbocycles. The number of hydrogen-bond acceptors (Lipinski definition) is 1. The second-order valence-corrected chi connectivity index (χ2v) is 13.3. The van der Waals surface area contributed by atoms with Crippen molar-refractivity contribution in [2.45, 2.75) is 0 Å². The van der Waals surface area contributed by atoms with Crippen molar-refractivity contribution in [3.63, 3.8) is 0 Å². The topological polar surface area (TPSA) is 23.0 Å². The Labute approximate surface area is 293 Å². The van der Waals surface area contributed by atoms with Gasteiger partial charge in [0.05, 0.1) is 27.5 Å². The molecule has 0 unspecified atom stereocenters. The molecule has 0 saturated carbocycles. The van der Waals surface area contributed by atoms with Crippen molar-refractivity contribution in [3.05, 3.63) is 182 Å². The molecule has 0 atom stereocenters. The van der Waals surface area contributed by atoms with Crippen LogP contribution in [0.3, 0.4) is 0 Å². The molecular weight excluding hydrogens is 621 g/mol. The summed E-state index contributed by atoms with van der Waals surface area (Å²) in [5, 5.41) is 7.16. The van der Waals surface area contributed by atoms with Crippen LogP contribution in [-0.2, 0) is 0 Å². The number of fused-ring (bicyclic) bond motifs is 10. The molecule has 8 aromatic carbocycles. The Bertz CT molecular complexity index is 3130. The maximum Gasteiger partial charge on any atom is 0.137 e. The van der Waals surface area contributed by atoms with Gasteiger partial charge in [-0.05, 0) is 82.9 Å². The molecule has 3 nitrogen and oxygen atoms in total. The van der Waals surface area contributed by atoms with Gasteiger partial charge in [-0.25, -0.2) is 0 Å². The van der Waals surface area contributed by atoms with Crippen LogP contribution in [0, 0.1) is 0 Å². The first kappa shape index (κ1) is 28.0. The van der Waals surface area contributed by atoms with Gasteiger partial charge in [-0.15, -0.1) is 0 Å². The van der Waals surface area contributed by atoms with Crippen LogP contribution in [-0.4, -0.2) is 9.13 Å². The molecule has 3 aromatic heterocycles. The number of furan rings is 1. The fraction of sp³-hybridized carbons (Fsp3) is 0. The van der Waals surface area contributed by atoms with Crippen molar-refractivity contribution in [1.82, 2.24) is 9.13 Å². The molecule has 0 N–H and O–H groups in total. The highest BCUT2D eigenvalue weighted by atomic mass is 16.3. The van der Waals surface area contributed by atoms with Crippen LogP contribution in [0.15, 0.2) is 186 Å². The first-order chi connectivity index (χ1) is 25.3. The predicted molar refractivity (Wildman–Crippen MR) is 213 cm³/mol. The van der Waals surface area contributed by atoms with E-state index in [0.717, 1.165) is 44.3 Å². The van der Waals surface area contributed by atoms with Gasteiger partial charge in [-0.2, -0.15) is 0 Å². The van der Waals surface area contributed by atoms with Crippen LogP contribution < -0.4 is 0 Å². The highest BCUT2D eigenvalue weighted by Gasteiger charge is 2.22. The molecule has 11 rings (SSSR count). The van der Waals surface area contributed by atoms with Crippen molar-refractivity contribution in [1.29, 1.82) is 0 Å². The van der Waals surface area contributed by atoms with Crippen molar-refractivity contribution >= 4 is 65.6 Å². The third-order valence-electron chi connectivity index (χ3n) is 10.5. The molecule has 3 heteroatoms. The van der Waals surface area contributed by atoms with Gasteiger partial charge in [0, 0.05) is 38.3 Å². The van der Waals surface area contributed by atoms with Crippen LogP contribution in [0.4, 0.5) is 0 Å². The zero-order chi connectivity index (χ0) is 33.5. The highest BCUT2D eigenvalue weighted by molar-refractivity contribution is 6.27. The number of aromatic nitrogens is 2. The predicted octanol–water partition coefficient (Wildman–Crippen LogP) is 13.1. The summed E-state index contributed by atoms with van der Waals surface area (Å²) in [6.45, 7) is 0. The second kappa shape index (κ2) is 10.8. The summed E-state index contributed by atoms with van der Waals surface area (Å²) in [5.41, 5.74) is 13.5. The van der Waals surface area contributed by atoms with Crippen molar-refractivity contribution in [3.8, 4) is 33.6 Å². The van der Waals surface area contributed by atoms with Gasteiger partial charge < -0.3 is 13.6 Å². The van der Waals surface area contributed by atoms with Gasteiger partial charge in [0.25, 0.3) is 0 Å². The molecule has 238 valence electrons. The molecule has 0 amide bonds. The number of para-hydroxylation sites is 2. The van der Waals surface area contributed by atoms with Gasteiger partial charge in [0.2, 0.25) is 0 Å². The molecule has 51 heavy (non-hydrogen) atoms. The van der Waals surface area contributed by atoms with Gasteiger partial charge >= 0.3 is 0 Å².